The third-order valence-corrected chi connectivity index (χ3v) is 10.2. The van der Waals surface area contributed by atoms with Gasteiger partial charge in [0.15, 0.2) is 0 Å². The van der Waals surface area contributed by atoms with Crippen molar-refractivity contribution in [3.63, 3.8) is 0 Å². The highest BCUT2D eigenvalue weighted by atomic mass is 16.6. The number of nitrogens with one attached hydrogen (secondary N) is 5. The first-order valence-electron chi connectivity index (χ1n) is 20.9. The van der Waals surface area contributed by atoms with E-state index >= 15 is 0 Å². The van der Waals surface area contributed by atoms with Crippen molar-refractivity contribution < 1.29 is 41.0 Å². The number of aromatic amines is 2. The fraction of sp³-hybridized carbons (Fsp3) is 0.511. The van der Waals surface area contributed by atoms with Crippen LogP contribution in [0.15, 0.2) is 67.0 Å². The highest BCUT2D eigenvalue weighted by molar-refractivity contribution is 5.91. The fourth-order valence-electron chi connectivity index (χ4n) is 6.75. The van der Waals surface area contributed by atoms with Crippen LogP contribution in [-0.4, -0.2) is 105 Å². The van der Waals surface area contributed by atoms with E-state index in [-0.39, 0.29) is 21.9 Å². The number of imidazole rings is 1. The summed E-state index contributed by atoms with van der Waals surface area (Å²) in [5.41, 5.74) is 0.672. The topological polar surface area (TPSA) is 200 Å². The van der Waals surface area contributed by atoms with Crippen LogP contribution in [0.5, 0.6) is 0 Å². The lowest BCUT2D eigenvalue weighted by Gasteiger charge is -2.36. The lowest BCUT2D eigenvalue weighted by molar-refractivity contribution is -0.159. The maximum Gasteiger partial charge on any atom is 0.410 e. The second-order valence-corrected chi connectivity index (χ2v) is 17.9. The van der Waals surface area contributed by atoms with Crippen LogP contribution < -0.4 is 16.0 Å². The minimum atomic E-state index is -1.19. The molecule has 2 aromatic carbocycles. The number of H-pyrrole nitrogens is 2. The average Bonchev–Trinajstić information content (AvgIpc) is 3.87. The molecule has 0 radical (unpaired) electrons. The number of amides is 5. The van der Waals surface area contributed by atoms with Crippen LogP contribution in [0.1, 0.15) is 106 Å². The first-order chi connectivity index (χ1) is 28.8. The van der Waals surface area contributed by atoms with Crippen molar-refractivity contribution >= 4 is 41.0 Å². The number of carbonyl (C=O) groups excluding carboxylic acids is 5. The van der Waals surface area contributed by atoms with E-state index in [1.807, 2.05) is 81.6 Å². The maximum absolute atomic E-state index is 14.1. The van der Waals surface area contributed by atoms with Gasteiger partial charge < -0.3 is 49.9 Å². The van der Waals surface area contributed by atoms with Crippen molar-refractivity contribution in [1.29, 1.82) is 0 Å². The van der Waals surface area contributed by atoms with Crippen LogP contribution in [-0.2, 0) is 42.2 Å². The lowest BCUT2D eigenvalue weighted by atomic mass is 9.88. The molecule has 3 heterocycles. The quantitative estimate of drug-likeness (QED) is 0.0469. The van der Waals surface area contributed by atoms with E-state index in [9.17, 15) is 24.0 Å². The number of alkyl carbamates (subject to hydrolysis) is 1. The van der Waals surface area contributed by atoms with Crippen molar-refractivity contribution in [1.82, 2.24) is 40.7 Å². The molecule has 1 aliphatic rings. The maximum atomic E-state index is 14.1. The monoisotopic (exact) mass is 847 g/mol. The molecule has 2 aromatic heterocycles. The number of benzene rings is 2. The molecule has 2 atom stereocenters. The number of hydrogen-bond acceptors (Lipinski definition) is 9. The number of para-hydroxylation sites is 1. The molecule has 334 valence electrons. The molecule has 61 heavy (non-hydrogen) atoms. The molecule has 0 saturated carbocycles. The van der Waals surface area contributed by atoms with E-state index in [4.69, 9.17) is 14.2 Å². The Bertz CT molecular complexity index is 2120. The number of urea groups is 1. The Morgan fingerprint density at radius 1 is 0.820 bits per heavy atom. The Morgan fingerprint density at radius 3 is 2.16 bits per heavy atom. The Kier molecular flexibility index (Phi) is 15.1. The summed E-state index contributed by atoms with van der Waals surface area (Å²) in [4.78, 5) is 80.8. The van der Waals surface area contributed by atoms with Gasteiger partial charge >= 0.3 is 24.2 Å². The zero-order valence-corrected chi connectivity index (χ0v) is 36.7. The van der Waals surface area contributed by atoms with Crippen molar-refractivity contribution in [3.05, 3.63) is 89.6 Å². The van der Waals surface area contributed by atoms with Crippen molar-refractivity contribution in [2.45, 2.75) is 116 Å². The zero-order valence-electron chi connectivity index (χ0n) is 36.7. The number of unbranched alkanes of at least 4 members (excludes halogenated alkanes) is 1. The summed E-state index contributed by atoms with van der Waals surface area (Å²) in [6, 6.07) is 15.4. The molecule has 16 heteroatoms. The predicted molar refractivity (Wildman–Crippen MR) is 235 cm³/mol. The summed E-state index contributed by atoms with van der Waals surface area (Å²) >= 11 is 0. The summed E-state index contributed by atoms with van der Waals surface area (Å²) in [6.45, 7) is 16.0. The van der Waals surface area contributed by atoms with E-state index in [0.717, 1.165) is 22.0 Å². The molecule has 0 aliphatic carbocycles. The molecular formula is C45H66N8O8. The van der Waals surface area contributed by atoms with Gasteiger partial charge in [-0.1, -0.05) is 48.5 Å². The summed E-state index contributed by atoms with van der Waals surface area (Å²) < 4.78 is 16.5. The normalized spacial score (nSPS) is 14.5. The lowest BCUT2D eigenvalue weighted by Crippen LogP contribution is -2.54. The van der Waals surface area contributed by atoms with Crippen molar-refractivity contribution in [2.24, 2.45) is 0 Å². The van der Waals surface area contributed by atoms with Gasteiger partial charge in [0, 0.05) is 71.0 Å². The van der Waals surface area contributed by atoms with E-state index in [2.05, 4.69) is 30.9 Å². The number of carbonyl (C=O) groups is 5. The van der Waals surface area contributed by atoms with Gasteiger partial charge in [0.25, 0.3) is 0 Å². The second-order valence-electron chi connectivity index (χ2n) is 17.9. The van der Waals surface area contributed by atoms with E-state index in [0.29, 0.717) is 63.5 Å². The van der Waals surface area contributed by atoms with Crippen LogP contribution in [0, 0.1) is 0 Å². The Labute approximate surface area is 360 Å². The number of ether oxygens (including phenoxy) is 3. The number of nitrogens with zero attached hydrogens (tertiary/aromatic N) is 3. The summed E-state index contributed by atoms with van der Waals surface area (Å²) in [5, 5.41) is 9.81. The van der Waals surface area contributed by atoms with Gasteiger partial charge in [-0.05, 0) is 91.8 Å². The number of rotatable bonds is 15. The van der Waals surface area contributed by atoms with Gasteiger partial charge in [0.1, 0.15) is 29.7 Å². The van der Waals surface area contributed by atoms with Crippen LogP contribution in [0.3, 0.4) is 0 Å². The largest absolute Gasteiger partial charge is 0.458 e. The highest BCUT2D eigenvalue weighted by Gasteiger charge is 2.37. The van der Waals surface area contributed by atoms with Crippen LogP contribution in [0.25, 0.3) is 10.9 Å². The van der Waals surface area contributed by atoms with Crippen molar-refractivity contribution in [2.75, 3.05) is 32.7 Å². The Morgan fingerprint density at radius 2 is 1.48 bits per heavy atom. The molecule has 5 rings (SSSR count). The van der Waals surface area contributed by atoms with Gasteiger partial charge in [-0.2, -0.15) is 0 Å². The first-order valence-corrected chi connectivity index (χ1v) is 20.9. The molecule has 0 spiro atoms. The molecule has 5 N–H and O–H groups in total. The second kappa shape index (κ2) is 20.0. The number of fused-ring (bicyclic) bond motifs is 1. The third kappa shape index (κ3) is 13.5. The molecular weight excluding hydrogens is 781 g/mol. The molecule has 1 saturated heterocycles. The molecule has 0 unspecified atom stereocenters. The van der Waals surface area contributed by atoms with Crippen molar-refractivity contribution in [3.8, 4) is 0 Å². The highest BCUT2D eigenvalue weighted by Crippen LogP contribution is 2.28. The first kappa shape index (κ1) is 46.0. The van der Waals surface area contributed by atoms with Gasteiger partial charge in [0.05, 0.1) is 11.5 Å². The molecule has 4 aromatic rings. The summed E-state index contributed by atoms with van der Waals surface area (Å²) in [6.07, 6.45) is 4.23. The molecule has 0 bridgehead atoms. The molecule has 5 amide bonds. The predicted octanol–water partition coefficient (Wildman–Crippen LogP) is 7.13. The van der Waals surface area contributed by atoms with Gasteiger partial charge in [-0.3, -0.25) is 4.79 Å². The minimum Gasteiger partial charge on any atom is -0.458 e. The number of esters is 1. The SMILES string of the molecule is CC(C)(C)OC(=O)[C@@H](CCCCNC(=O)OCc1ccccc1)NC(=O)C(C)(C)c1cnc([C@@H](Cc2c[nH]c3ccccc23)NC(=O)N2CCN(C(=O)OC(C)(C)C)CC2)[nH]1.[HH].[HH]. The molecule has 16 nitrogen and oxygen atoms in total. The van der Waals surface area contributed by atoms with Gasteiger partial charge in [0.2, 0.25) is 5.91 Å². The number of hydrogen-bond donors (Lipinski definition) is 5. The Balaban J connectivity index is 0.00000528. The van der Waals surface area contributed by atoms with E-state index in [1.54, 1.807) is 50.6 Å². The average molecular weight is 847 g/mol. The third-order valence-electron chi connectivity index (χ3n) is 10.2. The number of piperazine rings is 1. The van der Waals surface area contributed by atoms with Crippen LogP contribution >= 0.6 is 0 Å². The molecule has 1 aliphatic heterocycles. The summed E-state index contributed by atoms with van der Waals surface area (Å²) in [7, 11) is 0. The summed E-state index contributed by atoms with van der Waals surface area (Å²) in [5.74, 6) is -0.549. The van der Waals surface area contributed by atoms with Crippen LogP contribution in [0.4, 0.5) is 14.4 Å². The number of aromatic nitrogens is 3. The smallest absolute Gasteiger partial charge is 0.410 e. The van der Waals surface area contributed by atoms with Crippen LogP contribution in [0.2, 0.25) is 0 Å². The van der Waals surface area contributed by atoms with E-state index < -0.39 is 52.8 Å². The van der Waals surface area contributed by atoms with Gasteiger partial charge in [-0.25, -0.2) is 24.2 Å². The molecule has 1 fully saturated rings. The fourth-order valence-corrected chi connectivity index (χ4v) is 6.75. The zero-order chi connectivity index (χ0) is 44.4. The van der Waals surface area contributed by atoms with E-state index in [1.165, 1.54) is 0 Å². The Hall–Kier alpha value is -6.06. The minimum absolute atomic E-state index is 0. The standard InChI is InChI=1S/C45H62N8O8.2H2/c1-43(2,3)60-38(54)34(20-14-15-21-46-41(57)59-29-30-16-10-9-11-17-30)49-39(55)45(7,8)36-28-48-37(51-36)35(26-31-27-47-33-19-13-12-18-32(31)33)50-40(56)52-22-24-53(25-23-52)42(58)61-44(4,5)6;;/h9-13,16-19,27-28,34-35,47H,14-15,20-26,29H2,1-8H3,(H,46,57)(H,48,51)(H,49,55)(H,50,56);2*1H/t34-,35-;;/m1../s1. The van der Waals surface area contributed by atoms with Gasteiger partial charge in [-0.15, -0.1) is 0 Å².